The number of nitrogen functional groups attached to an aromatic ring is 1. The van der Waals surface area contributed by atoms with Gasteiger partial charge in [0, 0.05) is 12.2 Å². The minimum Gasteiger partial charge on any atom is -0.349 e. The van der Waals surface area contributed by atoms with Crippen LogP contribution in [0.1, 0.15) is 42.5 Å². The molecule has 0 aliphatic heterocycles. The highest BCUT2D eigenvalue weighted by molar-refractivity contribution is 6.33. The van der Waals surface area contributed by atoms with Crippen LogP contribution in [0.25, 0.3) is 0 Å². The van der Waals surface area contributed by atoms with Gasteiger partial charge in [0.2, 0.25) is 0 Å². The number of anilines is 1. The molecule has 1 saturated carbocycles. The Bertz CT molecular complexity index is 432. The topological polar surface area (TPSA) is 80.0 Å². The molecule has 1 aromatic heterocycles. The molecule has 0 atom stereocenters. The van der Waals surface area contributed by atoms with Crippen molar-refractivity contribution in [1.82, 2.24) is 10.3 Å². The molecule has 0 saturated heterocycles. The minimum atomic E-state index is -0.125. The normalized spacial score (nSPS) is 16.3. The summed E-state index contributed by atoms with van der Waals surface area (Å²) in [5, 5.41) is 3.35. The maximum atomic E-state index is 12.0. The third-order valence-corrected chi connectivity index (χ3v) is 3.47. The van der Waals surface area contributed by atoms with Crippen molar-refractivity contribution in [1.29, 1.82) is 0 Å². The van der Waals surface area contributed by atoms with Crippen LogP contribution in [0.5, 0.6) is 0 Å². The van der Waals surface area contributed by atoms with E-state index in [1.54, 1.807) is 6.07 Å². The fraction of sp³-hybridized carbons (Fsp3) is 0.500. The highest BCUT2D eigenvalue weighted by Crippen LogP contribution is 2.20. The van der Waals surface area contributed by atoms with Crippen LogP contribution in [-0.2, 0) is 0 Å². The predicted octanol–water partition coefficient (Wildman–Crippen LogP) is 2.08. The number of nitrogens with zero attached hydrogens (tertiary/aromatic N) is 1. The molecule has 0 unspecified atom stereocenters. The van der Waals surface area contributed by atoms with Crippen molar-refractivity contribution in [2.45, 2.75) is 38.1 Å². The largest absolute Gasteiger partial charge is 0.349 e. The Labute approximate surface area is 111 Å². The summed E-state index contributed by atoms with van der Waals surface area (Å²) in [6, 6.07) is 1.85. The molecule has 18 heavy (non-hydrogen) atoms. The van der Waals surface area contributed by atoms with Crippen molar-refractivity contribution in [3.63, 3.8) is 0 Å². The molecular formula is C12H17ClN4O. The van der Waals surface area contributed by atoms with E-state index in [1.165, 1.54) is 25.5 Å². The van der Waals surface area contributed by atoms with Gasteiger partial charge in [-0.25, -0.2) is 10.8 Å². The van der Waals surface area contributed by atoms with E-state index in [0.717, 1.165) is 12.8 Å². The van der Waals surface area contributed by atoms with E-state index in [1.807, 2.05) is 0 Å². The number of rotatable bonds is 3. The molecule has 1 aliphatic rings. The summed E-state index contributed by atoms with van der Waals surface area (Å²) in [5.74, 6) is 5.47. The lowest BCUT2D eigenvalue weighted by Gasteiger charge is -2.22. The summed E-state index contributed by atoms with van der Waals surface area (Å²) < 4.78 is 0. The van der Waals surface area contributed by atoms with Crippen molar-refractivity contribution in [2.24, 2.45) is 5.84 Å². The van der Waals surface area contributed by atoms with Crippen LogP contribution < -0.4 is 16.6 Å². The highest BCUT2D eigenvalue weighted by atomic mass is 35.5. The first kappa shape index (κ1) is 13.1. The second-order valence-corrected chi connectivity index (χ2v) is 4.91. The Morgan fingerprint density at radius 3 is 2.72 bits per heavy atom. The van der Waals surface area contributed by atoms with Crippen LogP contribution in [0, 0.1) is 0 Å². The molecule has 4 N–H and O–H groups in total. The van der Waals surface area contributed by atoms with E-state index in [4.69, 9.17) is 17.4 Å². The van der Waals surface area contributed by atoms with Crippen molar-refractivity contribution in [3.05, 3.63) is 22.8 Å². The first-order valence-electron chi connectivity index (χ1n) is 6.13. The van der Waals surface area contributed by atoms with Crippen LogP contribution in [0.2, 0.25) is 5.02 Å². The molecule has 0 radical (unpaired) electrons. The maximum Gasteiger partial charge on any atom is 0.253 e. The van der Waals surface area contributed by atoms with E-state index < -0.39 is 0 Å². The summed E-state index contributed by atoms with van der Waals surface area (Å²) in [4.78, 5) is 16.0. The van der Waals surface area contributed by atoms with E-state index in [2.05, 4.69) is 15.7 Å². The van der Waals surface area contributed by atoms with Gasteiger partial charge in [-0.05, 0) is 18.9 Å². The molecule has 5 nitrogen and oxygen atoms in total. The van der Waals surface area contributed by atoms with Crippen LogP contribution >= 0.6 is 11.6 Å². The molecule has 6 heteroatoms. The van der Waals surface area contributed by atoms with Crippen molar-refractivity contribution in [2.75, 3.05) is 5.43 Å². The molecule has 1 heterocycles. The smallest absolute Gasteiger partial charge is 0.253 e. The van der Waals surface area contributed by atoms with Gasteiger partial charge in [0.15, 0.2) is 5.82 Å². The lowest BCUT2D eigenvalue weighted by molar-refractivity contribution is 0.0927. The maximum absolute atomic E-state index is 12.0. The highest BCUT2D eigenvalue weighted by Gasteiger charge is 2.17. The van der Waals surface area contributed by atoms with Crippen LogP contribution in [0.3, 0.4) is 0 Å². The van der Waals surface area contributed by atoms with Gasteiger partial charge in [0.25, 0.3) is 5.91 Å². The van der Waals surface area contributed by atoms with Gasteiger partial charge in [0.05, 0.1) is 10.6 Å². The summed E-state index contributed by atoms with van der Waals surface area (Å²) in [5.41, 5.74) is 2.83. The average Bonchev–Trinajstić information content (AvgIpc) is 2.39. The Balaban J connectivity index is 2.01. The number of carbonyl (C=O) groups excluding carboxylic acids is 1. The molecule has 1 fully saturated rings. The number of hydrogen-bond donors (Lipinski definition) is 3. The first-order valence-corrected chi connectivity index (χ1v) is 6.51. The zero-order valence-electron chi connectivity index (χ0n) is 10.1. The summed E-state index contributed by atoms with van der Waals surface area (Å²) >= 11 is 5.93. The molecule has 0 aromatic carbocycles. The number of nitrogens with one attached hydrogen (secondary N) is 2. The van der Waals surface area contributed by atoms with Gasteiger partial charge in [-0.1, -0.05) is 30.9 Å². The fourth-order valence-electron chi connectivity index (χ4n) is 2.18. The molecule has 0 spiro atoms. The Hall–Kier alpha value is -1.33. The zero-order chi connectivity index (χ0) is 13.0. The molecule has 1 amide bonds. The molecule has 98 valence electrons. The zero-order valence-corrected chi connectivity index (χ0v) is 10.8. The second-order valence-electron chi connectivity index (χ2n) is 4.51. The van der Waals surface area contributed by atoms with E-state index in [9.17, 15) is 4.79 Å². The van der Waals surface area contributed by atoms with Gasteiger partial charge < -0.3 is 10.7 Å². The van der Waals surface area contributed by atoms with Gasteiger partial charge in [-0.2, -0.15) is 0 Å². The SMILES string of the molecule is NNc1ncc(C(=O)NC2CCCCC2)cc1Cl. The Morgan fingerprint density at radius 2 is 2.11 bits per heavy atom. The number of hydrogen-bond acceptors (Lipinski definition) is 4. The van der Waals surface area contributed by atoms with E-state index >= 15 is 0 Å². The first-order chi connectivity index (χ1) is 8.70. The number of hydrazine groups is 1. The third-order valence-electron chi connectivity index (χ3n) is 3.18. The average molecular weight is 269 g/mol. The molecular weight excluding hydrogens is 252 g/mol. The van der Waals surface area contributed by atoms with E-state index in [0.29, 0.717) is 16.4 Å². The monoisotopic (exact) mass is 268 g/mol. The quantitative estimate of drug-likeness (QED) is 0.579. The van der Waals surface area contributed by atoms with Crippen LogP contribution in [-0.4, -0.2) is 16.9 Å². The van der Waals surface area contributed by atoms with Gasteiger partial charge in [0.1, 0.15) is 0 Å². The van der Waals surface area contributed by atoms with Gasteiger partial charge >= 0.3 is 0 Å². The van der Waals surface area contributed by atoms with Crippen molar-refractivity contribution < 1.29 is 4.79 Å². The third kappa shape index (κ3) is 3.11. The Kier molecular flexibility index (Phi) is 4.38. The number of halogens is 1. The lowest BCUT2D eigenvalue weighted by atomic mass is 9.95. The number of amides is 1. The van der Waals surface area contributed by atoms with Crippen molar-refractivity contribution >= 4 is 23.3 Å². The number of carbonyl (C=O) groups is 1. The molecule has 1 aliphatic carbocycles. The Morgan fingerprint density at radius 1 is 1.39 bits per heavy atom. The van der Waals surface area contributed by atoms with Gasteiger partial charge in [-0.15, -0.1) is 0 Å². The van der Waals surface area contributed by atoms with E-state index in [-0.39, 0.29) is 11.9 Å². The number of aromatic nitrogens is 1. The summed E-state index contributed by atoms with van der Waals surface area (Å²) in [6.45, 7) is 0. The number of pyridine rings is 1. The van der Waals surface area contributed by atoms with Crippen LogP contribution in [0.4, 0.5) is 5.82 Å². The predicted molar refractivity (Wildman–Crippen MR) is 71.4 cm³/mol. The summed E-state index contributed by atoms with van der Waals surface area (Å²) in [7, 11) is 0. The minimum absolute atomic E-state index is 0.125. The standard InChI is InChI=1S/C12H17ClN4O/c13-10-6-8(7-15-11(10)17-14)12(18)16-9-4-2-1-3-5-9/h6-7,9H,1-5,14H2,(H,15,17)(H,16,18). The van der Waals surface area contributed by atoms with Crippen LogP contribution in [0.15, 0.2) is 12.3 Å². The summed E-state index contributed by atoms with van der Waals surface area (Å²) in [6.07, 6.45) is 7.19. The lowest BCUT2D eigenvalue weighted by Crippen LogP contribution is -2.36. The molecule has 2 rings (SSSR count). The molecule has 0 bridgehead atoms. The fourth-order valence-corrected chi connectivity index (χ4v) is 2.40. The van der Waals surface area contributed by atoms with Gasteiger partial charge in [-0.3, -0.25) is 4.79 Å². The molecule has 1 aromatic rings. The van der Waals surface area contributed by atoms with Crippen molar-refractivity contribution in [3.8, 4) is 0 Å². The number of nitrogens with two attached hydrogens (primary N) is 1. The second kappa shape index (κ2) is 6.02.